The molecule has 5 aromatic carbocycles. The number of likely N-dealkylation sites (N-methyl/N-ethyl adjacent to an activating group) is 2. The Kier molecular flexibility index (Phi) is 29.2. The molecule has 25 nitrogen and oxygen atoms in total. The van der Waals surface area contributed by atoms with Crippen LogP contribution in [0.15, 0.2) is 157 Å². The summed E-state index contributed by atoms with van der Waals surface area (Å²) in [5, 5.41) is 18.1. The van der Waals surface area contributed by atoms with Gasteiger partial charge >= 0.3 is 24.1 Å². The SMILES string of the molecule is C/C(=C\[C@H](C(C)C)N(C)C(=O)[C@@H](NC(=O)[C@@H](N(C)C(=O)OC(C)(C)C)C(C)(C)c1cn(C)c2ccccc12)C(C)(C)C)C(=O)N[C@@H](CCC(=O)OC(C)(C)C)C(=O)OCc1ccc(NC(=O)C(CC(=O)NC(c2ccccc2)(c2ccccc2)c2ccccc2)NC(=O)[C@H](C)NC(=O)[C@@H]2CCCN2C(=O)OC(C)(C)C)cc1. The van der Waals surface area contributed by atoms with Gasteiger partial charge in [-0.2, -0.15) is 0 Å². The van der Waals surface area contributed by atoms with Crippen molar-refractivity contribution in [3.63, 3.8) is 0 Å². The van der Waals surface area contributed by atoms with Gasteiger partial charge in [0.05, 0.1) is 12.5 Å². The van der Waals surface area contributed by atoms with Crippen molar-refractivity contribution in [2.45, 2.75) is 233 Å². The van der Waals surface area contributed by atoms with E-state index in [0.29, 0.717) is 35.1 Å². The number of rotatable bonds is 29. The molecule has 112 heavy (non-hydrogen) atoms. The van der Waals surface area contributed by atoms with Crippen LogP contribution in [0.1, 0.15) is 185 Å². The van der Waals surface area contributed by atoms with Crippen LogP contribution in [-0.4, -0.2) is 164 Å². The van der Waals surface area contributed by atoms with Crippen LogP contribution < -0.4 is 31.9 Å². The number of carbonyl (C=O) groups excluding carboxylic acids is 11. The van der Waals surface area contributed by atoms with Crippen molar-refractivity contribution in [3.05, 3.63) is 185 Å². The van der Waals surface area contributed by atoms with E-state index < -0.39 is 147 Å². The summed E-state index contributed by atoms with van der Waals surface area (Å²) >= 11 is 0. The smallest absolute Gasteiger partial charge is 0.410 e. The van der Waals surface area contributed by atoms with Crippen molar-refractivity contribution in [3.8, 4) is 0 Å². The lowest BCUT2D eigenvalue weighted by Crippen LogP contribution is -2.63. The average Bonchev–Trinajstić information content (AvgIpc) is 1.40. The first-order chi connectivity index (χ1) is 52.2. The van der Waals surface area contributed by atoms with Gasteiger partial charge in [0, 0.05) is 67.9 Å². The molecule has 7 rings (SSSR count). The van der Waals surface area contributed by atoms with Crippen LogP contribution in [0.3, 0.4) is 0 Å². The van der Waals surface area contributed by atoms with E-state index in [4.69, 9.17) is 18.9 Å². The molecule has 0 aliphatic carbocycles. The van der Waals surface area contributed by atoms with Crippen LogP contribution >= 0.6 is 0 Å². The van der Waals surface area contributed by atoms with Crippen LogP contribution in [0, 0.1) is 11.3 Å². The molecule has 1 aromatic heterocycles. The third kappa shape index (κ3) is 23.4. The first kappa shape index (κ1) is 88.4. The van der Waals surface area contributed by atoms with E-state index in [0.717, 1.165) is 16.5 Å². The molecule has 0 spiro atoms. The Morgan fingerprint density at radius 1 is 0.598 bits per heavy atom. The van der Waals surface area contributed by atoms with E-state index in [1.165, 1.54) is 47.7 Å². The molecule has 604 valence electrons. The molecule has 7 atom stereocenters. The van der Waals surface area contributed by atoms with E-state index in [2.05, 4.69) is 31.9 Å². The molecule has 1 aliphatic rings. The molecule has 9 amide bonds. The molecule has 1 fully saturated rings. The highest BCUT2D eigenvalue weighted by Gasteiger charge is 2.48. The minimum Gasteiger partial charge on any atom is -0.460 e. The zero-order chi connectivity index (χ0) is 83.2. The number of fused-ring (bicyclic) bond motifs is 1. The predicted octanol–water partition coefficient (Wildman–Crippen LogP) is 11.8. The maximum atomic E-state index is 15.2. The van der Waals surface area contributed by atoms with Crippen molar-refractivity contribution >= 4 is 82.1 Å². The number of likely N-dealkylation sites (tertiary alicyclic amines) is 1. The summed E-state index contributed by atoms with van der Waals surface area (Å²) in [6, 6.07) is 33.5. The summed E-state index contributed by atoms with van der Waals surface area (Å²) in [5.41, 5.74) is -1.34. The first-order valence-electron chi connectivity index (χ1n) is 38.2. The van der Waals surface area contributed by atoms with Crippen LogP contribution in [0.4, 0.5) is 15.3 Å². The first-order valence-corrected chi connectivity index (χ1v) is 38.2. The lowest BCUT2D eigenvalue weighted by atomic mass is 9.76. The fourth-order valence-corrected chi connectivity index (χ4v) is 13.8. The number of esters is 2. The number of hydrogen-bond donors (Lipinski definition) is 6. The van der Waals surface area contributed by atoms with Crippen LogP contribution in [-0.2, 0) is 86.7 Å². The molecule has 1 unspecified atom stereocenters. The molecular formula is C87H116N10O15. The molecule has 1 saturated heterocycles. The highest BCUT2D eigenvalue weighted by atomic mass is 16.6. The summed E-state index contributed by atoms with van der Waals surface area (Å²) in [4.78, 5) is 161. The van der Waals surface area contributed by atoms with Crippen molar-refractivity contribution < 1.29 is 71.7 Å². The normalized spacial score (nSPS) is 15.2. The maximum Gasteiger partial charge on any atom is 0.410 e. The van der Waals surface area contributed by atoms with E-state index in [1.54, 1.807) is 87.6 Å². The fourth-order valence-electron chi connectivity index (χ4n) is 13.8. The van der Waals surface area contributed by atoms with Gasteiger partial charge in [0.15, 0.2) is 0 Å². The minimum absolute atomic E-state index is 0.106. The molecule has 6 aromatic rings. The standard InChI is InChI=1S/C87H116N10O15/c1-54(2)68(95(20)78(105)71(82(5,6)7)92-77(104)72(96(21)80(107)111-84(11,12)13)86(17,18)63-52-94(19)66-41-32-31-40-62(63)66)50-55(3)73(100)90-64(47-48-70(99)110-83(8,9)10)79(106)109-53-57-43-45-61(46-44-57)89-75(102)65(91-74(101)56(4)88-76(103)67-42-33-49-97(67)81(108)112-85(14,15)16)51-69(98)93-87(58-34-25-22-26-35-58,59-36-27-23-28-37-59)60-38-29-24-30-39-60/h22-32,34-41,43-46,50,52,54,56,64-65,67-68,71-72H,33,42,47-49,51,53H2,1-21H3,(H,88,103)(H,89,102)(H,90,100)(H,91,101)(H,92,104)(H,93,98)/b55-50+/t56-,64-,65?,67-,68+,71+,72+/m0/s1. The van der Waals surface area contributed by atoms with Crippen molar-refractivity contribution in [2.24, 2.45) is 18.4 Å². The maximum absolute atomic E-state index is 15.2. The molecule has 0 bridgehead atoms. The zero-order valence-electron chi connectivity index (χ0n) is 68.9. The minimum atomic E-state index is -1.57. The van der Waals surface area contributed by atoms with Gasteiger partial charge < -0.3 is 60.3 Å². The van der Waals surface area contributed by atoms with Crippen LogP contribution in [0.5, 0.6) is 0 Å². The predicted molar refractivity (Wildman–Crippen MR) is 430 cm³/mol. The second kappa shape index (κ2) is 37.0. The summed E-state index contributed by atoms with van der Waals surface area (Å²) in [5.74, 6) is -6.55. The topological polar surface area (TPSA) is 312 Å². The van der Waals surface area contributed by atoms with Gasteiger partial charge in [-0.25, -0.2) is 14.4 Å². The Hall–Kier alpha value is -10.9. The fraction of sp³-hybridized carbons (Fsp3) is 0.483. The number of hydrogen-bond acceptors (Lipinski definition) is 15. The van der Waals surface area contributed by atoms with Crippen LogP contribution in [0.2, 0.25) is 0 Å². The van der Waals surface area contributed by atoms with Gasteiger partial charge in [-0.05, 0) is 153 Å². The third-order valence-corrected chi connectivity index (χ3v) is 19.4. The number of anilines is 1. The zero-order valence-corrected chi connectivity index (χ0v) is 68.9. The molecule has 0 radical (unpaired) electrons. The third-order valence-electron chi connectivity index (χ3n) is 19.4. The van der Waals surface area contributed by atoms with Crippen LogP contribution in [0.25, 0.3) is 10.9 Å². The molecular weight excluding hydrogens is 1430 g/mol. The highest BCUT2D eigenvalue weighted by Crippen LogP contribution is 2.40. The van der Waals surface area contributed by atoms with E-state index >= 15 is 9.59 Å². The summed E-state index contributed by atoms with van der Waals surface area (Å²) in [6.07, 6.45) is 1.81. The largest absolute Gasteiger partial charge is 0.460 e. The second-order valence-corrected chi connectivity index (χ2v) is 33.9. The van der Waals surface area contributed by atoms with Gasteiger partial charge in [-0.1, -0.05) is 176 Å². The quantitative estimate of drug-likeness (QED) is 0.0110. The summed E-state index contributed by atoms with van der Waals surface area (Å²) < 4.78 is 24.8. The van der Waals surface area contributed by atoms with Gasteiger partial charge in [0.1, 0.15) is 65.2 Å². The molecule has 2 heterocycles. The Morgan fingerprint density at radius 2 is 1.13 bits per heavy atom. The number of benzene rings is 5. The number of ether oxygens (including phenoxy) is 4. The van der Waals surface area contributed by atoms with E-state index in [1.807, 2.05) is 182 Å². The summed E-state index contributed by atoms with van der Waals surface area (Å²) in [6.45, 7) is 31.2. The number of para-hydroxylation sites is 1. The molecule has 6 N–H and O–H groups in total. The molecule has 25 heteroatoms. The number of aryl methyl sites for hydroxylation is 1. The van der Waals surface area contributed by atoms with Gasteiger partial charge in [-0.15, -0.1) is 0 Å². The number of amides is 9. The Bertz CT molecular complexity index is 4260. The molecule has 1 aliphatic heterocycles. The number of carbonyl (C=O) groups is 11. The second-order valence-electron chi connectivity index (χ2n) is 33.9. The monoisotopic (exact) mass is 1540 g/mol. The van der Waals surface area contributed by atoms with Crippen molar-refractivity contribution in [2.75, 3.05) is 26.0 Å². The van der Waals surface area contributed by atoms with E-state index in [9.17, 15) is 43.2 Å². The number of nitrogens with zero attached hydrogens (tertiary/aromatic N) is 4. The number of aromatic nitrogens is 1. The Balaban J connectivity index is 1.10. The Labute approximate surface area is 659 Å². The van der Waals surface area contributed by atoms with Gasteiger partial charge in [-0.3, -0.25) is 48.2 Å². The summed E-state index contributed by atoms with van der Waals surface area (Å²) in [7, 11) is 4.99. The van der Waals surface area contributed by atoms with Gasteiger partial charge in [0.2, 0.25) is 41.4 Å². The van der Waals surface area contributed by atoms with E-state index in [-0.39, 0.29) is 43.2 Å². The lowest BCUT2D eigenvalue weighted by Gasteiger charge is -2.42. The highest BCUT2D eigenvalue weighted by molar-refractivity contribution is 6.02. The van der Waals surface area contributed by atoms with Gasteiger partial charge in [0.25, 0.3) is 0 Å². The average molecular weight is 1540 g/mol. The number of nitrogens with one attached hydrogen (secondary N) is 6. The lowest BCUT2D eigenvalue weighted by molar-refractivity contribution is -0.156. The Morgan fingerprint density at radius 3 is 1.66 bits per heavy atom. The molecule has 0 saturated carbocycles. The van der Waals surface area contributed by atoms with Crippen molar-refractivity contribution in [1.82, 2.24) is 45.9 Å². The van der Waals surface area contributed by atoms with Crippen molar-refractivity contribution in [1.29, 1.82) is 0 Å².